The number of nitrogens with zero attached hydrogens (tertiary/aromatic N) is 1. The van der Waals surface area contributed by atoms with E-state index in [1.54, 1.807) is 0 Å². The van der Waals surface area contributed by atoms with Crippen LogP contribution in [0, 0.1) is 10.5 Å². The Morgan fingerprint density at radius 3 is 3.18 bits per heavy atom. The highest BCUT2D eigenvalue weighted by molar-refractivity contribution is 14.1. The Labute approximate surface area is 78.2 Å². The Hall–Kier alpha value is -0.580. The first-order chi connectivity index (χ1) is 5.27. The van der Waals surface area contributed by atoms with Gasteiger partial charge in [0.25, 0.3) is 0 Å². The number of hydrogen-bond donors (Lipinski definition) is 1. The number of H-pyrrole nitrogens is 1. The molecule has 2 heterocycles. The van der Waals surface area contributed by atoms with Crippen molar-refractivity contribution in [1.29, 1.82) is 0 Å². The Morgan fingerprint density at radius 2 is 2.36 bits per heavy atom. The maximum absolute atomic E-state index is 4.30. The molecule has 0 aliphatic heterocycles. The number of fused-ring (bicyclic) bond motifs is 1. The first kappa shape index (κ1) is 7.09. The molecule has 11 heavy (non-hydrogen) atoms. The summed E-state index contributed by atoms with van der Waals surface area (Å²) in [7, 11) is 0. The van der Waals surface area contributed by atoms with E-state index < -0.39 is 0 Å². The van der Waals surface area contributed by atoms with Gasteiger partial charge < -0.3 is 4.98 Å². The van der Waals surface area contributed by atoms with Crippen molar-refractivity contribution in [3.8, 4) is 0 Å². The largest absolute Gasteiger partial charge is 0.359 e. The van der Waals surface area contributed by atoms with E-state index in [2.05, 4.69) is 38.6 Å². The third-order valence-corrected chi connectivity index (χ3v) is 2.43. The number of rotatable bonds is 0. The molecule has 56 valence electrons. The zero-order chi connectivity index (χ0) is 7.84. The Kier molecular flexibility index (Phi) is 1.60. The van der Waals surface area contributed by atoms with Crippen LogP contribution in [0.25, 0.3) is 11.0 Å². The predicted octanol–water partition coefficient (Wildman–Crippen LogP) is 2.48. The number of aryl methyl sites for hydroxylation is 1. The van der Waals surface area contributed by atoms with E-state index in [-0.39, 0.29) is 0 Å². The van der Waals surface area contributed by atoms with Crippen LogP contribution in [-0.4, -0.2) is 9.97 Å². The molecule has 0 amide bonds. The summed E-state index contributed by atoms with van der Waals surface area (Å²) in [5, 5.41) is 0. The van der Waals surface area contributed by atoms with Crippen LogP contribution >= 0.6 is 22.6 Å². The zero-order valence-electron chi connectivity index (χ0n) is 6.06. The van der Waals surface area contributed by atoms with Gasteiger partial charge in [-0.1, -0.05) is 0 Å². The van der Waals surface area contributed by atoms with Crippen molar-refractivity contribution < 1.29 is 0 Å². The maximum atomic E-state index is 4.30. The lowest BCUT2D eigenvalue weighted by atomic mass is 10.3. The number of hydrogen-bond acceptors (Lipinski definition) is 1. The Morgan fingerprint density at radius 1 is 1.55 bits per heavy atom. The number of halogens is 1. The molecule has 2 aromatic heterocycles. The zero-order valence-corrected chi connectivity index (χ0v) is 8.21. The lowest BCUT2D eigenvalue weighted by molar-refractivity contribution is 1.33. The third-order valence-electron chi connectivity index (χ3n) is 1.61. The van der Waals surface area contributed by atoms with Crippen molar-refractivity contribution in [2.75, 3.05) is 0 Å². The van der Waals surface area contributed by atoms with E-state index in [0.717, 1.165) is 11.0 Å². The fraction of sp³-hybridized carbons (Fsp3) is 0.125. The highest BCUT2D eigenvalue weighted by Gasteiger charge is 2.00. The normalized spacial score (nSPS) is 10.7. The average molecular weight is 258 g/mol. The number of pyridine rings is 1. The fourth-order valence-corrected chi connectivity index (χ4v) is 1.66. The van der Waals surface area contributed by atoms with Crippen molar-refractivity contribution >= 4 is 33.6 Å². The molecule has 3 heteroatoms. The topological polar surface area (TPSA) is 28.7 Å². The predicted molar refractivity (Wildman–Crippen MR) is 53.5 cm³/mol. The molecule has 0 radical (unpaired) electrons. The van der Waals surface area contributed by atoms with Crippen molar-refractivity contribution in [1.82, 2.24) is 9.97 Å². The van der Waals surface area contributed by atoms with Crippen LogP contribution in [0.2, 0.25) is 0 Å². The molecule has 0 aromatic carbocycles. The molecular formula is C8H7IN2. The quantitative estimate of drug-likeness (QED) is 0.722. The summed E-state index contributed by atoms with van der Waals surface area (Å²) in [5.74, 6) is 0. The number of aromatic amines is 1. The third kappa shape index (κ3) is 1.13. The Bertz CT molecular complexity index is 392. The SMILES string of the molecule is Cc1cnc2c(I)c[nH]c2c1. The summed E-state index contributed by atoms with van der Waals surface area (Å²) in [6, 6.07) is 2.10. The van der Waals surface area contributed by atoms with Crippen LogP contribution in [-0.2, 0) is 0 Å². The second-order valence-corrected chi connectivity index (χ2v) is 3.71. The van der Waals surface area contributed by atoms with Gasteiger partial charge in [-0.05, 0) is 41.1 Å². The van der Waals surface area contributed by atoms with E-state index in [0.29, 0.717) is 0 Å². The first-order valence-electron chi connectivity index (χ1n) is 3.36. The average Bonchev–Trinajstić information content (AvgIpc) is 2.32. The summed E-state index contributed by atoms with van der Waals surface area (Å²) in [6.07, 6.45) is 3.86. The minimum atomic E-state index is 1.07. The van der Waals surface area contributed by atoms with Gasteiger partial charge in [-0.25, -0.2) is 0 Å². The molecule has 0 aliphatic carbocycles. The molecule has 0 saturated carbocycles. The lowest BCUT2D eigenvalue weighted by Crippen LogP contribution is -1.78. The van der Waals surface area contributed by atoms with Crippen LogP contribution < -0.4 is 0 Å². The molecule has 0 unspecified atom stereocenters. The number of aromatic nitrogens is 2. The smallest absolute Gasteiger partial charge is 0.101 e. The van der Waals surface area contributed by atoms with E-state index in [1.165, 1.54) is 9.13 Å². The van der Waals surface area contributed by atoms with Crippen molar-refractivity contribution in [3.05, 3.63) is 27.6 Å². The van der Waals surface area contributed by atoms with Crippen molar-refractivity contribution in [2.24, 2.45) is 0 Å². The van der Waals surface area contributed by atoms with E-state index >= 15 is 0 Å². The van der Waals surface area contributed by atoms with Gasteiger partial charge in [0.1, 0.15) is 5.52 Å². The van der Waals surface area contributed by atoms with E-state index in [9.17, 15) is 0 Å². The fourth-order valence-electron chi connectivity index (χ4n) is 1.08. The van der Waals surface area contributed by atoms with Gasteiger partial charge in [0, 0.05) is 12.4 Å². The van der Waals surface area contributed by atoms with Crippen LogP contribution in [0.1, 0.15) is 5.56 Å². The minimum absolute atomic E-state index is 1.07. The molecule has 0 atom stereocenters. The van der Waals surface area contributed by atoms with Gasteiger partial charge >= 0.3 is 0 Å². The summed E-state index contributed by atoms with van der Waals surface area (Å²) < 4.78 is 1.18. The van der Waals surface area contributed by atoms with Crippen LogP contribution in [0.5, 0.6) is 0 Å². The molecule has 0 aliphatic rings. The maximum Gasteiger partial charge on any atom is 0.101 e. The first-order valence-corrected chi connectivity index (χ1v) is 4.44. The molecular weight excluding hydrogens is 251 g/mol. The molecule has 0 spiro atoms. The highest BCUT2D eigenvalue weighted by atomic mass is 127. The van der Waals surface area contributed by atoms with E-state index in [1.807, 2.05) is 19.3 Å². The van der Waals surface area contributed by atoms with Gasteiger partial charge in [-0.2, -0.15) is 0 Å². The molecule has 0 saturated heterocycles. The van der Waals surface area contributed by atoms with E-state index in [4.69, 9.17) is 0 Å². The molecule has 2 rings (SSSR count). The lowest BCUT2D eigenvalue weighted by Gasteiger charge is -1.91. The monoisotopic (exact) mass is 258 g/mol. The van der Waals surface area contributed by atoms with Crippen LogP contribution in [0.3, 0.4) is 0 Å². The van der Waals surface area contributed by atoms with Gasteiger partial charge in [-0.15, -0.1) is 0 Å². The van der Waals surface area contributed by atoms with Crippen LogP contribution in [0.4, 0.5) is 0 Å². The number of nitrogens with one attached hydrogen (secondary N) is 1. The summed E-state index contributed by atoms with van der Waals surface area (Å²) in [4.78, 5) is 7.46. The second kappa shape index (κ2) is 2.48. The van der Waals surface area contributed by atoms with Gasteiger partial charge in [0.2, 0.25) is 0 Å². The Balaban J connectivity index is 2.86. The molecule has 0 fully saturated rings. The molecule has 2 nitrogen and oxygen atoms in total. The summed E-state index contributed by atoms with van der Waals surface area (Å²) in [6.45, 7) is 2.04. The van der Waals surface area contributed by atoms with Crippen LogP contribution in [0.15, 0.2) is 18.5 Å². The van der Waals surface area contributed by atoms with Crippen molar-refractivity contribution in [2.45, 2.75) is 6.92 Å². The standard InChI is InChI=1S/C8H7IN2/c1-5-2-7-8(11-3-5)6(9)4-10-7/h2-4,10H,1H3. The second-order valence-electron chi connectivity index (χ2n) is 2.55. The molecule has 0 bridgehead atoms. The summed E-state index contributed by atoms with van der Waals surface area (Å²) in [5.41, 5.74) is 3.38. The highest BCUT2D eigenvalue weighted by Crippen LogP contribution is 2.17. The van der Waals surface area contributed by atoms with Gasteiger partial charge in [0.05, 0.1) is 9.09 Å². The van der Waals surface area contributed by atoms with Gasteiger partial charge in [-0.3, -0.25) is 4.98 Å². The molecule has 2 aromatic rings. The summed E-state index contributed by atoms with van der Waals surface area (Å²) >= 11 is 2.27. The van der Waals surface area contributed by atoms with Gasteiger partial charge in [0.15, 0.2) is 0 Å². The van der Waals surface area contributed by atoms with Crippen molar-refractivity contribution in [3.63, 3.8) is 0 Å². The minimum Gasteiger partial charge on any atom is -0.359 e. The molecule has 1 N–H and O–H groups in total.